The third kappa shape index (κ3) is 8.89. The molecule has 1 aliphatic rings. The first kappa shape index (κ1) is 22.4. The van der Waals surface area contributed by atoms with Crippen LogP contribution in [0.2, 0.25) is 0 Å². The first-order valence-corrected chi connectivity index (χ1v) is 10.4. The van der Waals surface area contributed by atoms with Crippen molar-refractivity contribution in [3.63, 3.8) is 0 Å². The second-order valence-electron chi connectivity index (χ2n) is 7.38. The molecular formula is C21H37N5O2. The minimum absolute atomic E-state index is 0.319. The Bertz CT molecular complexity index is 576. The van der Waals surface area contributed by atoms with Crippen molar-refractivity contribution < 1.29 is 9.47 Å². The van der Waals surface area contributed by atoms with E-state index in [9.17, 15) is 0 Å². The minimum Gasteiger partial charge on any atom is -0.474 e. The van der Waals surface area contributed by atoms with Crippen LogP contribution in [0.4, 0.5) is 0 Å². The summed E-state index contributed by atoms with van der Waals surface area (Å²) in [4.78, 5) is 11.0. The number of ether oxygens (including phenoxy) is 2. The molecule has 1 aromatic heterocycles. The number of likely N-dealkylation sites (N-methyl/N-ethyl adjacent to an activating group) is 1. The van der Waals surface area contributed by atoms with E-state index in [0.29, 0.717) is 12.6 Å². The topological polar surface area (TPSA) is 71.0 Å². The van der Waals surface area contributed by atoms with Gasteiger partial charge in [0.25, 0.3) is 0 Å². The van der Waals surface area contributed by atoms with E-state index in [1.807, 2.05) is 18.3 Å². The highest BCUT2D eigenvalue weighted by atomic mass is 16.5. The molecule has 0 bridgehead atoms. The highest BCUT2D eigenvalue weighted by Crippen LogP contribution is 2.22. The third-order valence-electron chi connectivity index (χ3n) is 5.00. The van der Waals surface area contributed by atoms with Crippen LogP contribution >= 0.6 is 0 Å². The fraction of sp³-hybridized carbons (Fsp3) is 0.714. The Balaban J connectivity index is 1.70. The zero-order valence-corrected chi connectivity index (χ0v) is 17.7. The van der Waals surface area contributed by atoms with Gasteiger partial charge >= 0.3 is 0 Å². The molecule has 1 aliphatic carbocycles. The molecule has 158 valence electrons. The van der Waals surface area contributed by atoms with Crippen molar-refractivity contribution in [1.29, 1.82) is 0 Å². The van der Waals surface area contributed by atoms with Crippen LogP contribution in [0.25, 0.3) is 0 Å². The fourth-order valence-corrected chi connectivity index (χ4v) is 3.34. The molecule has 0 atom stereocenters. The molecule has 7 heteroatoms. The lowest BCUT2D eigenvalue weighted by molar-refractivity contribution is 0.148. The van der Waals surface area contributed by atoms with Gasteiger partial charge in [-0.25, -0.2) is 4.98 Å². The number of aromatic nitrogens is 1. The van der Waals surface area contributed by atoms with Gasteiger partial charge in [0.2, 0.25) is 5.88 Å². The lowest BCUT2D eigenvalue weighted by Crippen LogP contribution is -2.40. The SMILES string of the molecule is CN=C(NCCN(C)CCCOC)NCc1ccnc(OC2CCCCC2)c1. The van der Waals surface area contributed by atoms with E-state index in [4.69, 9.17) is 9.47 Å². The van der Waals surface area contributed by atoms with E-state index in [0.717, 1.165) is 62.9 Å². The van der Waals surface area contributed by atoms with Crippen molar-refractivity contribution in [2.75, 3.05) is 47.4 Å². The first-order valence-electron chi connectivity index (χ1n) is 10.4. The van der Waals surface area contributed by atoms with Crippen LogP contribution in [-0.4, -0.2) is 69.4 Å². The van der Waals surface area contributed by atoms with Gasteiger partial charge in [0, 0.05) is 59.2 Å². The summed E-state index contributed by atoms with van der Waals surface area (Å²) in [6.45, 7) is 4.32. The van der Waals surface area contributed by atoms with E-state index in [1.54, 1.807) is 14.2 Å². The van der Waals surface area contributed by atoms with Gasteiger partial charge in [0.1, 0.15) is 6.10 Å². The Kier molecular flexibility index (Phi) is 10.7. The number of methoxy groups -OCH3 is 1. The number of hydrogen-bond donors (Lipinski definition) is 2. The van der Waals surface area contributed by atoms with Crippen LogP contribution in [0.3, 0.4) is 0 Å². The standard InChI is InChI=1S/C21H37N5O2/c1-22-21(24-12-14-26(2)13-7-15-27-3)25-17-18-10-11-23-20(16-18)28-19-8-5-4-6-9-19/h10-11,16,19H,4-9,12-15,17H2,1-3H3,(H2,22,24,25). The smallest absolute Gasteiger partial charge is 0.213 e. The largest absolute Gasteiger partial charge is 0.474 e. The summed E-state index contributed by atoms with van der Waals surface area (Å²) in [6.07, 6.45) is 9.31. The fourth-order valence-electron chi connectivity index (χ4n) is 3.34. The summed E-state index contributed by atoms with van der Waals surface area (Å²) in [7, 11) is 5.66. The van der Waals surface area contributed by atoms with Crippen molar-refractivity contribution in [2.45, 2.75) is 51.2 Å². The van der Waals surface area contributed by atoms with E-state index in [2.05, 4.69) is 32.6 Å². The molecule has 1 fully saturated rings. The van der Waals surface area contributed by atoms with Gasteiger partial charge in [-0.3, -0.25) is 4.99 Å². The Morgan fingerprint density at radius 1 is 1.25 bits per heavy atom. The minimum atomic E-state index is 0.319. The molecule has 0 amide bonds. The molecule has 1 heterocycles. The maximum Gasteiger partial charge on any atom is 0.213 e. The number of aliphatic imine (C=N–C) groups is 1. The average molecular weight is 392 g/mol. The molecule has 0 aromatic carbocycles. The van der Waals surface area contributed by atoms with Gasteiger partial charge in [-0.2, -0.15) is 0 Å². The van der Waals surface area contributed by atoms with Gasteiger partial charge in [-0.1, -0.05) is 6.42 Å². The summed E-state index contributed by atoms with van der Waals surface area (Å²) < 4.78 is 11.2. The zero-order valence-electron chi connectivity index (χ0n) is 17.7. The monoisotopic (exact) mass is 391 g/mol. The second-order valence-corrected chi connectivity index (χ2v) is 7.38. The number of nitrogens with zero attached hydrogens (tertiary/aromatic N) is 3. The Morgan fingerprint density at radius 3 is 2.82 bits per heavy atom. The van der Waals surface area contributed by atoms with Gasteiger partial charge < -0.3 is 25.0 Å². The third-order valence-corrected chi connectivity index (χ3v) is 5.00. The molecule has 0 unspecified atom stereocenters. The highest BCUT2D eigenvalue weighted by Gasteiger charge is 2.15. The van der Waals surface area contributed by atoms with Gasteiger partial charge in [0.15, 0.2) is 5.96 Å². The maximum atomic E-state index is 6.06. The molecule has 0 spiro atoms. The molecule has 0 aliphatic heterocycles. The first-order chi connectivity index (χ1) is 13.7. The van der Waals surface area contributed by atoms with Crippen LogP contribution in [0, 0.1) is 0 Å². The average Bonchev–Trinajstić information content (AvgIpc) is 2.72. The molecule has 2 N–H and O–H groups in total. The van der Waals surface area contributed by atoms with Crippen molar-refractivity contribution in [2.24, 2.45) is 4.99 Å². The van der Waals surface area contributed by atoms with Crippen LogP contribution in [0.5, 0.6) is 5.88 Å². The van der Waals surface area contributed by atoms with E-state index in [1.165, 1.54) is 19.3 Å². The predicted molar refractivity (Wildman–Crippen MR) is 114 cm³/mol. The van der Waals surface area contributed by atoms with E-state index in [-0.39, 0.29) is 0 Å². The van der Waals surface area contributed by atoms with Crippen molar-refractivity contribution in [3.05, 3.63) is 23.9 Å². The predicted octanol–water partition coefficient (Wildman–Crippen LogP) is 2.43. The van der Waals surface area contributed by atoms with Crippen molar-refractivity contribution in [1.82, 2.24) is 20.5 Å². The molecule has 2 rings (SSSR count). The molecular weight excluding hydrogens is 354 g/mol. The number of rotatable bonds is 11. The normalized spacial score (nSPS) is 15.6. The number of hydrogen-bond acceptors (Lipinski definition) is 5. The lowest BCUT2D eigenvalue weighted by atomic mass is 9.98. The zero-order chi connectivity index (χ0) is 20.0. The summed E-state index contributed by atoms with van der Waals surface area (Å²) in [5, 5.41) is 6.72. The lowest BCUT2D eigenvalue weighted by Gasteiger charge is -2.22. The van der Waals surface area contributed by atoms with Crippen LogP contribution in [0.15, 0.2) is 23.3 Å². The number of pyridine rings is 1. The Labute approximate surface area is 169 Å². The molecule has 7 nitrogen and oxygen atoms in total. The van der Waals surface area contributed by atoms with Crippen LogP contribution in [0.1, 0.15) is 44.1 Å². The van der Waals surface area contributed by atoms with Gasteiger partial charge in [-0.15, -0.1) is 0 Å². The quantitative estimate of drug-likeness (QED) is 0.343. The summed E-state index contributed by atoms with van der Waals surface area (Å²) in [5.74, 6) is 1.53. The van der Waals surface area contributed by atoms with Crippen LogP contribution < -0.4 is 15.4 Å². The second kappa shape index (κ2) is 13.3. The van der Waals surface area contributed by atoms with Gasteiger partial charge in [0.05, 0.1) is 0 Å². The maximum absolute atomic E-state index is 6.06. The van der Waals surface area contributed by atoms with Crippen LogP contribution in [-0.2, 0) is 11.3 Å². The Hall–Kier alpha value is -1.86. The Morgan fingerprint density at radius 2 is 2.07 bits per heavy atom. The summed E-state index contributed by atoms with van der Waals surface area (Å²) in [6, 6.07) is 4.04. The number of nitrogens with one attached hydrogen (secondary N) is 2. The molecule has 28 heavy (non-hydrogen) atoms. The van der Waals surface area contributed by atoms with Gasteiger partial charge in [-0.05, 0) is 50.8 Å². The van der Waals surface area contributed by atoms with Crippen molar-refractivity contribution in [3.8, 4) is 5.88 Å². The summed E-state index contributed by atoms with van der Waals surface area (Å²) in [5.41, 5.74) is 1.14. The molecule has 1 saturated carbocycles. The molecule has 0 radical (unpaired) electrons. The molecule has 1 aromatic rings. The summed E-state index contributed by atoms with van der Waals surface area (Å²) >= 11 is 0. The number of guanidine groups is 1. The molecule has 0 saturated heterocycles. The van der Waals surface area contributed by atoms with E-state index >= 15 is 0 Å². The highest BCUT2D eigenvalue weighted by molar-refractivity contribution is 5.79. The van der Waals surface area contributed by atoms with Crippen molar-refractivity contribution >= 4 is 5.96 Å². The van der Waals surface area contributed by atoms with E-state index < -0.39 is 0 Å².